The van der Waals surface area contributed by atoms with E-state index in [1.54, 1.807) is 24.9 Å². The lowest BCUT2D eigenvalue weighted by Crippen LogP contribution is -2.47. The van der Waals surface area contributed by atoms with Crippen LogP contribution in [0.1, 0.15) is 93.2 Å². The lowest BCUT2D eigenvalue weighted by Gasteiger charge is -2.37. The summed E-state index contributed by atoms with van der Waals surface area (Å²) < 4.78 is 27.4. The summed E-state index contributed by atoms with van der Waals surface area (Å²) in [5.74, 6) is -2.82. The van der Waals surface area contributed by atoms with Crippen LogP contribution < -0.4 is 10.6 Å². The summed E-state index contributed by atoms with van der Waals surface area (Å²) in [6, 6.07) is 3.12. The van der Waals surface area contributed by atoms with Crippen LogP contribution in [0.15, 0.2) is 24.8 Å². The number of hydrogen-bond acceptors (Lipinski definition) is 6. The molecule has 0 bridgehead atoms. The molecule has 1 saturated carbocycles. The van der Waals surface area contributed by atoms with Crippen LogP contribution >= 0.6 is 11.3 Å². The van der Waals surface area contributed by atoms with Crippen LogP contribution in [0.4, 0.5) is 8.78 Å². The first-order valence-corrected chi connectivity index (χ1v) is 15.3. The number of nitrogens with one attached hydrogen (secondary N) is 4. The van der Waals surface area contributed by atoms with Gasteiger partial charge in [0.25, 0.3) is 5.91 Å². The third-order valence-electron chi connectivity index (χ3n) is 7.95. The Balaban J connectivity index is 2.18. The molecule has 2 rings (SSSR count). The molecule has 1 fully saturated rings. The van der Waals surface area contributed by atoms with E-state index in [9.17, 15) is 18.4 Å². The van der Waals surface area contributed by atoms with Crippen molar-refractivity contribution in [1.29, 1.82) is 10.8 Å². The predicted octanol–water partition coefficient (Wildman–Crippen LogP) is 6.07. The Hall–Kier alpha value is -2.66. The van der Waals surface area contributed by atoms with Crippen LogP contribution in [0.2, 0.25) is 0 Å². The molecule has 3 atom stereocenters. The van der Waals surface area contributed by atoms with Gasteiger partial charge in [-0.05, 0) is 58.2 Å². The minimum atomic E-state index is -2.70. The van der Waals surface area contributed by atoms with Gasteiger partial charge in [0.2, 0.25) is 11.8 Å². The first-order valence-electron chi connectivity index (χ1n) is 14.5. The Morgan fingerprint density at radius 1 is 1.24 bits per heavy atom. The molecular formula is C30H48F2N6O2S. The number of halogens is 2. The molecule has 1 aliphatic carbocycles. The second-order valence-electron chi connectivity index (χ2n) is 11.3. The average Bonchev–Trinajstić information content (AvgIpc) is 3.42. The molecule has 2 amide bonds. The number of carbonyl (C=O) groups excluding carboxylic acids is 2. The zero-order chi connectivity index (χ0) is 30.9. The van der Waals surface area contributed by atoms with E-state index in [0.29, 0.717) is 35.9 Å². The molecule has 0 radical (unpaired) electrons. The Morgan fingerprint density at radius 2 is 1.88 bits per heavy atom. The Bertz CT molecular complexity index is 1070. The number of amidine groups is 2. The number of alkyl halides is 2. The largest absolute Gasteiger partial charge is 0.354 e. The molecule has 0 aromatic carbocycles. The number of nitrogens with zero attached hydrogens (tertiary/aromatic N) is 2. The van der Waals surface area contributed by atoms with E-state index in [1.807, 2.05) is 33.0 Å². The second-order valence-corrected chi connectivity index (χ2v) is 12.5. The fraction of sp³-hybridized carbons (Fsp3) is 0.667. The van der Waals surface area contributed by atoms with E-state index < -0.39 is 11.8 Å². The smallest absolute Gasteiger partial charge is 0.261 e. The number of likely N-dealkylation sites (N-methyl/N-ethyl adjacent to an activating group) is 1. The lowest BCUT2D eigenvalue weighted by molar-refractivity contribution is -0.130. The number of amides is 2. The number of thiophene rings is 1. The summed E-state index contributed by atoms with van der Waals surface area (Å²) in [4.78, 5) is 30.7. The van der Waals surface area contributed by atoms with E-state index >= 15 is 0 Å². The van der Waals surface area contributed by atoms with Crippen LogP contribution in [-0.4, -0.2) is 71.9 Å². The molecule has 1 heterocycles. The van der Waals surface area contributed by atoms with Crippen LogP contribution in [0.3, 0.4) is 0 Å². The van der Waals surface area contributed by atoms with E-state index in [0.717, 1.165) is 11.3 Å². The van der Waals surface area contributed by atoms with Gasteiger partial charge < -0.3 is 15.5 Å². The summed E-state index contributed by atoms with van der Waals surface area (Å²) in [6.07, 6.45) is 3.63. The molecule has 0 saturated heterocycles. The standard InChI is InChI=1S/C30H48F2N6O2S/c1-8-22(18-23(9-2)38(20(5)33)27(34)19(3)4)37(7)17-14-24(25-10-11-26(41-25)29(40)35-6)36-28(39)21-12-15-30(31,32)16-13-21/h8,10-11,19,21-24,33-34H,1,9,12-18H2,2-7H3,(H,35,40)(H,36,39). The Morgan fingerprint density at radius 3 is 2.39 bits per heavy atom. The monoisotopic (exact) mass is 594 g/mol. The van der Waals surface area contributed by atoms with Crippen LogP contribution in [0.25, 0.3) is 0 Å². The fourth-order valence-corrected chi connectivity index (χ4v) is 6.32. The van der Waals surface area contributed by atoms with Crippen molar-refractivity contribution in [3.63, 3.8) is 0 Å². The maximum atomic E-state index is 13.7. The van der Waals surface area contributed by atoms with E-state index in [-0.39, 0.29) is 61.5 Å². The highest BCUT2D eigenvalue weighted by molar-refractivity contribution is 7.14. The van der Waals surface area contributed by atoms with Gasteiger partial charge in [0, 0.05) is 55.2 Å². The van der Waals surface area contributed by atoms with E-state index in [1.165, 1.54) is 11.3 Å². The van der Waals surface area contributed by atoms with Crippen molar-refractivity contribution in [2.45, 2.75) is 96.7 Å². The third kappa shape index (κ3) is 9.70. The topological polar surface area (TPSA) is 112 Å². The summed E-state index contributed by atoms with van der Waals surface area (Å²) in [6.45, 7) is 12.3. The molecule has 11 heteroatoms. The lowest BCUT2D eigenvalue weighted by atomic mass is 9.86. The minimum Gasteiger partial charge on any atom is -0.354 e. The van der Waals surface area contributed by atoms with Gasteiger partial charge in [-0.2, -0.15) is 0 Å². The molecule has 8 nitrogen and oxygen atoms in total. The summed E-state index contributed by atoms with van der Waals surface area (Å²) in [5, 5.41) is 22.6. The van der Waals surface area contributed by atoms with Crippen molar-refractivity contribution in [3.8, 4) is 0 Å². The van der Waals surface area contributed by atoms with Gasteiger partial charge in [-0.1, -0.05) is 26.8 Å². The van der Waals surface area contributed by atoms with Crippen molar-refractivity contribution in [3.05, 3.63) is 34.5 Å². The highest BCUT2D eigenvalue weighted by atomic mass is 32.1. The molecule has 1 aromatic rings. The summed E-state index contributed by atoms with van der Waals surface area (Å²) in [7, 11) is 3.55. The second kappa shape index (κ2) is 15.5. The quantitative estimate of drug-likeness (QED) is 0.119. The maximum Gasteiger partial charge on any atom is 0.261 e. The molecule has 0 spiro atoms. The van der Waals surface area contributed by atoms with Gasteiger partial charge in [0.1, 0.15) is 5.84 Å². The van der Waals surface area contributed by atoms with Crippen molar-refractivity contribution < 1.29 is 18.4 Å². The molecular weight excluding hydrogens is 546 g/mol. The van der Waals surface area contributed by atoms with Crippen LogP contribution in [0, 0.1) is 22.7 Å². The van der Waals surface area contributed by atoms with E-state index in [2.05, 4.69) is 29.0 Å². The number of carbonyl (C=O) groups is 2. The van der Waals surface area contributed by atoms with Gasteiger partial charge in [-0.25, -0.2) is 8.78 Å². The van der Waals surface area contributed by atoms with Crippen LogP contribution in [-0.2, 0) is 4.79 Å². The zero-order valence-corrected chi connectivity index (χ0v) is 26.2. The molecule has 230 valence electrons. The van der Waals surface area contributed by atoms with E-state index in [4.69, 9.17) is 10.8 Å². The molecule has 3 unspecified atom stereocenters. The zero-order valence-electron chi connectivity index (χ0n) is 25.4. The highest BCUT2D eigenvalue weighted by Gasteiger charge is 2.38. The van der Waals surface area contributed by atoms with Crippen molar-refractivity contribution in [2.24, 2.45) is 11.8 Å². The van der Waals surface area contributed by atoms with Gasteiger partial charge in [-0.15, -0.1) is 17.9 Å². The van der Waals surface area contributed by atoms with Gasteiger partial charge in [0.05, 0.1) is 16.8 Å². The summed E-state index contributed by atoms with van der Waals surface area (Å²) >= 11 is 1.32. The van der Waals surface area contributed by atoms with Crippen LogP contribution in [0.5, 0.6) is 0 Å². The Labute approximate surface area is 248 Å². The maximum absolute atomic E-state index is 13.7. The predicted molar refractivity (Wildman–Crippen MR) is 163 cm³/mol. The first kappa shape index (κ1) is 34.5. The Kier molecular flexibility index (Phi) is 13.1. The van der Waals surface area contributed by atoms with Crippen molar-refractivity contribution >= 4 is 34.8 Å². The minimum absolute atomic E-state index is 0.00509. The first-order chi connectivity index (χ1) is 19.2. The van der Waals surface area contributed by atoms with Gasteiger partial charge >= 0.3 is 0 Å². The molecule has 0 aliphatic heterocycles. The summed E-state index contributed by atoms with van der Waals surface area (Å²) in [5.41, 5.74) is 0. The molecule has 4 N–H and O–H groups in total. The third-order valence-corrected chi connectivity index (χ3v) is 9.15. The van der Waals surface area contributed by atoms with Crippen molar-refractivity contribution in [2.75, 3.05) is 20.6 Å². The number of rotatable bonds is 14. The fourth-order valence-electron chi connectivity index (χ4n) is 5.28. The SMILES string of the molecule is C=CC(CC(CC)N(C(C)=N)C(=N)C(C)C)N(C)CCC(NC(=O)C1CCC(F)(F)CC1)c1ccc(C(=O)NC)s1. The molecule has 1 aliphatic rings. The number of hydrogen-bond donors (Lipinski definition) is 4. The van der Waals surface area contributed by atoms with Gasteiger partial charge in [-0.3, -0.25) is 25.3 Å². The molecule has 1 aromatic heterocycles. The van der Waals surface area contributed by atoms with Crippen molar-refractivity contribution in [1.82, 2.24) is 20.4 Å². The highest BCUT2D eigenvalue weighted by Crippen LogP contribution is 2.37. The average molecular weight is 595 g/mol. The normalized spacial score (nSPS) is 17.5. The molecule has 41 heavy (non-hydrogen) atoms. The van der Waals surface area contributed by atoms with Gasteiger partial charge in [0.15, 0.2) is 0 Å².